The maximum atomic E-state index is 12.0. The highest BCUT2D eigenvalue weighted by Crippen LogP contribution is 2.22. The first kappa shape index (κ1) is 17.6. The number of amides is 1. The zero-order valence-electron chi connectivity index (χ0n) is 14.0. The lowest BCUT2D eigenvalue weighted by Crippen LogP contribution is -2.30. The predicted octanol–water partition coefficient (Wildman–Crippen LogP) is 3.46. The molecule has 1 aromatic carbocycles. The Morgan fingerprint density at radius 1 is 1.26 bits per heavy atom. The van der Waals surface area contributed by atoms with E-state index in [1.165, 1.54) is 0 Å². The van der Waals surface area contributed by atoms with Crippen molar-refractivity contribution in [1.82, 2.24) is 5.32 Å². The maximum absolute atomic E-state index is 12.0. The Morgan fingerprint density at radius 2 is 2.04 bits per heavy atom. The van der Waals surface area contributed by atoms with Gasteiger partial charge in [0.15, 0.2) is 0 Å². The van der Waals surface area contributed by atoms with E-state index in [-0.39, 0.29) is 5.91 Å². The van der Waals surface area contributed by atoms with Crippen molar-refractivity contribution >= 4 is 5.91 Å². The molecule has 0 radical (unpaired) electrons. The van der Waals surface area contributed by atoms with Gasteiger partial charge in [-0.1, -0.05) is 37.8 Å². The van der Waals surface area contributed by atoms with Crippen LogP contribution in [-0.2, 0) is 6.42 Å². The first-order valence-corrected chi connectivity index (χ1v) is 8.72. The molecule has 0 spiro atoms. The number of aliphatic hydroxyl groups is 1. The molecule has 3 heteroatoms. The van der Waals surface area contributed by atoms with E-state index in [4.69, 9.17) is 0 Å². The van der Waals surface area contributed by atoms with Crippen LogP contribution in [0, 0.1) is 11.8 Å². The molecule has 0 bridgehead atoms. The van der Waals surface area contributed by atoms with Crippen molar-refractivity contribution in [1.29, 1.82) is 0 Å². The minimum absolute atomic E-state index is 0.0329. The summed E-state index contributed by atoms with van der Waals surface area (Å²) in [4.78, 5) is 12.0. The second-order valence-corrected chi connectivity index (χ2v) is 6.38. The van der Waals surface area contributed by atoms with Crippen LogP contribution >= 0.6 is 0 Å². The summed E-state index contributed by atoms with van der Waals surface area (Å²) in [5.74, 6) is 6.10. The van der Waals surface area contributed by atoms with Gasteiger partial charge in [-0.05, 0) is 43.4 Å². The summed E-state index contributed by atoms with van der Waals surface area (Å²) in [6.45, 7) is 2.82. The Balaban J connectivity index is 1.97. The van der Waals surface area contributed by atoms with Gasteiger partial charge in [0, 0.05) is 24.9 Å². The summed E-state index contributed by atoms with van der Waals surface area (Å²) < 4.78 is 0. The van der Waals surface area contributed by atoms with Crippen LogP contribution in [0.15, 0.2) is 24.3 Å². The average Bonchev–Trinajstić information content (AvgIpc) is 2.52. The van der Waals surface area contributed by atoms with E-state index in [2.05, 4.69) is 24.1 Å². The third kappa shape index (κ3) is 5.73. The molecular formula is C20H27NO2. The first-order valence-electron chi connectivity index (χ1n) is 8.72. The van der Waals surface area contributed by atoms with Crippen LogP contribution in [0.3, 0.4) is 0 Å². The molecule has 0 saturated carbocycles. The van der Waals surface area contributed by atoms with Crippen molar-refractivity contribution in [2.75, 3.05) is 6.54 Å². The molecule has 0 fully saturated rings. The number of nitrogens with one attached hydrogen (secondary N) is 1. The van der Waals surface area contributed by atoms with Crippen LogP contribution in [0.25, 0.3) is 0 Å². The third-order valence-corrected chi connectivity index (χ3v) is 4.24. The van der Waals surface area contributed by atoms with Crippen LogP contribution in [0.4, 0.5) is 0 Å². The van der Waals surface area contributed by atoms with E-state index in [1.54, 1.807) is 0 Å². The molecule has 124 valence electrons. The highest BCUT2D eigenvalue weighted by molar-refractivity contribution is 5.94. The summed E-state index contributed by atoms with van der Waals surface area (Å²) in [5.41, 5.74) is 0.763. The molecular weight excluding hydrogens is 286 g/mol. The molecule has 1 aromatic rings. The predicted molar refractivity (Wildman–Crippen MR) is 93.2 cm³/mol. The van der Waals surface area contributed by atoms with Gasteiger partial charge in [0.05, 0.1) is 0 Å². The van der Waals surface area contributed by atoms with Gasteiger partial charge in [0.2, 0.25) is 0 Å². The van der Waals surface area contributed by atoms with E-state index in [0.29, 0.717) is 18.5 Å². The van der Waals surface area contributed by atoms with E-state index in [0.717, 1.165) is 50.5 Å². The lowest BCUT2D eigenvalue weighted by molar-refractivity contribution is 0.0880. The molecule has 2 rings (SSSR count). The highest BCUT2D eigenvalue weighted by Gasteiger charge is 2.25. The smallest absolute Gasteiger partial charge is 0.251 e. The number of rotatable bonds is 6. The minimum Gasteiger partial charge on any atom is -0.377 e. The minimum atomic E-state index is -0.925. The topological polar surface area (TPSA) is 49.3 Å². The SMILES string of the molecule is CCCCNC(=O)c1ccc(CC2(O)C#CCCCCC2)cc1. The van der Waals surface area contributed by atoms with Crippen molar-refractivity contribution in [3.63, 3.8) is 0 Å². The zero-order chi connectivity index (χ0) is 16.5. The van der Waals surface area contributed by atoms with Gasteiger partial charge in [-0.2, -0.15) is 0 Å². The van der Waals surface area contributed by atoms with Gasteiger partial charge < -0.3 is 10.4 Å². The molecule has 2 N–H and O–H groups in total. The van der Waals surface area contributed by atoms with Crippen molar-refractivity contribution in [3.8, 4) is 11.8 Å². The fourth-order valence-corrected chi connectivity index (χ4v) is 2.82. The van der Waals surface area contributed by atoms with Gasteiger partial charge in [-0.3, -0.25) is 4.79 Å². The van der Waals surface area contributed by atoms with Crippen molar-refractivity contribution in [2.45, 2.75) is 63.9 Å². The normalized spacial score (nSPS) is 20.8. The monoisotopic (exact) mass is 313 g/mol. The number of carbonyl (C=O) groups excluding carboxylic acids is 1. The molecule has 1 amide bonds. The molecule has 0 saturated heterocycles. The van der Waals surface area contributed by atoms with Crippen molar-refractivity contribution in [3.05, 3.63) is 35.4 Å². The molecule has 1 atom stereocenters. The number of benzene rings is 1. The number of carbonyl (C=O) groups is 1. The largest absolute Gasteiger partial charge is 0.377 e. The molecule has 0 heterocycles. The number of hydrogen-bond acceptors (Lipinski definition) is 2. The molecule has 1 aliphatic carbocycles. The summed E-state index contributed by atoms with van der Waals surface area (Å²) in [7, 11) is 0. The van der Waals surface area contributed by atoms with E-state index in [9.17, 15) is 9.90 Å². The van der Waals surface area contributed by atoms with Gasteiger partial charge in [-0.25, -0.2) is 0 Å². The highest BCUT2D eigenvalue weighted by atomic mass is 16.3. The molecule has 0 aromatic heterocycles. The molecule has 3 nitrogen and oxygen atoms in total. The maximum Gasteiger partial charge on any atom is 0.251 e. The summed E-state index contributed by atoms with van der Waals surface area (Å²) in [6, 6.07) is 7.51. The Morgan fingerprint density at radius 3 is 2.78 bits per heavy atom. The summed E-state index contributed by atoms with van der Waals surface area (Å²) >= 11 is 0. The Kier molecular flexibility index (Phi) is 6.67. The van der Waals surface area contributed by atoms with Gasteiger partial charge in [-0.15, -0.1) is 5.92 Å². The molecule has 0 aliphatic heterocycles. The van der Waals surface area contributed by atoms with Gasteiger partial charge >= 0.3 is 0 Å². The lowest BCUT2D eigenvalue weighted by atomic mass is 9.88. The Bertz CT molecular complexity index is 568. The Hall–Kier alpha value is -1.79. The van der Waals surface area contributed by atoms with E-state index in [1.807, 2.05) is 24.3 Å². The van der Waals surface area contributed by atoms with Crippen LogP contribution < -0.4 is 5.32 Å². The lowest BCUT2D eigenvalue weighted by Gasteiger charge is -2.23. The number of hydrogen-bond donors (Lipinski definition) is 2. The standard InChI is InChI=1S/C20H27NO2/c1-2-3-15-21-19(22)18-11-9-17(10-12-18)16-20(23)13-7-5-4-6-8-14-20/h9-12,23H,2-7,13,15-16H2,1H3,(H,21,22). The first-order chi connectivity index (χ1) is 11.1. The Labute approximate surface area is 139 Å². The van der Waals surface area contributed by atoms with Crippen LogP contribution in [0.2, 0.25) is 0 Å². The van der Waals surface area contributed by atoms with E-state index >= 15 is 0 Å². The summed E-state index contributed by atoms with van der Waals surface area (Å²) in [5, 5.41) is 13.6. The second-order valence-electron chi connectivity index (χ2n) is 6.38. The number of unbranched alkanes of at least 4 members (excludes halogenated alkanes) is 1. The third-order valence-electron chi connectivity index (χ3n) is 4.24. The average molecular weight is 313 g/mol. The molecule has 1 unspecified atom stereocenters. The summed E-state index contributed by atoms with van der Waals surface area (Å²) in [6.07, 6.45) is 7.46. The van der Waals surface area contributed by atoms with Crippen LogP contribution in [0.1, 0.15) is 67.8 Å². The van der Waals surface area contributed by atoms with Gasteiger partial charge in [0.25, 0.3) is 5.91 Å². The zero-order valence-corrected chi connectivity index (χ0v) is 14.0. The van der Waals surface area contributed by atoms with Gasteiger partial charge in [0.1, 0.15) is 5.60 Å². The fraction of sp³-hybridized carbons (Fsp3) is 0.550. The molecule has 1 aliphatic rings. The second kappa shape index (κ2) is 8.74. The van der Waals surface area contributed by atoms with Crippen molar-refractivity contribution < 1.29 is 9.90 Å². The molecule has 23 heavy (non-hydrogen) atoms. The van der Waals surface area contributed by atoms with E-state index < -0.39 is 5.60 Å². The van der Waals surface area contributed by atoms with Crippen LogP contribution in [0.5, 0.6) is 0 Å². The quantitative estimate of drug-likeness (QED) is 0.624. The fourth-order valence-electron chi connectivity index (χ4n) is 2.82. The van der Waals surface area contributed by atoms with Crippen LogP contribution in [-0.4, -0.2) is 23.2 Å². The van der Waals surface area contributed by atoms with Crippen molar-refractivity contribution in [2.24, 2.45) is 0 Å².